The zero-order valence-corrected chi connectivity index (χ0v) is 11.1. The Morgan fingerprint density at radius 3 is 1.84 bits per heavy atom. The molecule has 2 amide bonds. The van der Waals surface area contributed by atoms with Crippen LogP contribution in [-0.2, 0) is 9.59 Å². The van der Waals surface area contributed by atoms with Crippen molar-refractivity contribution in [2.24, 2.45) is 29.1 Å². The number of imide groups is 1. The van der Waals surface area contributed by atoms with Crippen LogP contribution in [0.1, 0.15) is 33.1 Å². The molecule has 1 saturated carbocycles. The molecule has 19 heavy (non-hydrogen) atoms. The number of rotatable bonds is 0. The van der Waals surface area contributed by atoms with Crippen molar-refractivity contribution in [3.8, 4) is 12.1 Å². The minimum absolute atomic E-state index is 0.314. The van der Waals surface area contributed by atoms with E-state index < -0.39 is 29.1 Å². The van der Waals surface area contributed by atoms with E-state index in [9.17, 15) is 20.1 Å². The molecule has 1 aliphatic carbocycles. The number of hydrogen-bond acceptors (Lipinski definition) is 4. The second kappa shape index (κ2) is 4.66. The zero-order valence-electron chi connectivity index (χ0n) is 11.1. The standard InChI is InChI=1S/C14H17N3O2/c1-8-3-9(2)5-14(4-8)10(6-15)12(18)17-13(19)11(14)7-16/h8-11H,3-5H2,1-2H3,(H,17,18,19)/t8-,9+,10?,11?,14?. The van der Waals surface area contributed by atoms with Crippen LogP contribution in [0.15, 0.2) is 0 Å². The number of nitrogens with one attached hydrogen (secondary N) is 1. The Morgan fingerprint density at radius 2 is 1.47 bits per heavy atom. The number of amides is 2. The average molecular weight is 259 g/mol. The van der Waals surface area contributed by atoms with Crippen molar-refractivity contribution in [2.45, 2.75) is 33.1 Å². The second-order valence-corrected chi connectivity index (χ2v) is 6.07. The smallest absolute Gasteiger partial charge is 0.244 e. The van der Waals surface area contributed by atoms with Gasteiger partial charge in [-0.1, -0.05) is 13.8 Å². The maximum atomic E-state index is 11.9. The van der Waals surface area contributed by atoms with Crippen molar-refractivity contribution in [2.75, 3.05) is 0 Å². The number of carbonyl (C=O) groups excluding carboxylic acids is 2. The van der Waals surface area contributed by atoms with Crippen molar-refractivity contribution in [1.82, 2.24) is 5.32 Å². The van der Waals surface area contributed by atoms with Crippen LogP contribution in [0.3, 0.4) is 0 Å². The molecular formula is C14H17N3O2. The van der Waals surface area contributed by atoms with Crippen LogP contribution in [0.4, 0.5) is 0 Å². The number of nitrogens with zero attached hydrogens (tertiary/aromatic N) is 2. The maximum absolute atomic E-state index is 11.9. The summed E-state index contributed by atoms with van der Waals surface area (Å²) in [6.07, 6.45) is 2.19. The Morgan fingerprint density at radius 1 is 1.05 bits per heavy atom. The van der Waals surface area contributed by atoms with E-state index in [0.717, 1.165) is 6.42 Å². The van der Waals surface area contributed by atoms with E-state index in [1.165, 1.54) is 0 Å². The molecule has 2 aliphatic rings. The van der Waals surface area contributed by atoms with Crippen molar-refractivity contribution >= 4 is 11.8 Å². The minimum atomic E-state index is -0.903. The van der Waals surface area contributed by atoms with Gasteiger partial charge in [-0.15, -0.1) is 0 Å². The predicted molar refractivity (Wildman–Crippen MR) is 66.0 cm³/mol. The number of nitriles is 2. The van der Waals surface area contributed by atoms with E-state index in [1.807, 2.05) is 12.1 Å². The molecule has 0 aromatic heterocycles. The highest BCUT2D eigenvalue weighted by Crippen LogP contribution is 2.53. The lowest BCUT2D eigenvalue weighted by atomic mass is 9.54. The van der Waals surface area contributed by atoms with E-state index in [-0.39, 0.29) is 0 Å². The second-order valence-electron chi connectivity index (χ2n) is 6.07. The molecule has 2 unspecified atom stereocenters. The highest BCUT2D eigenvalue weighted by molar-refractivity contribution is 6.03. The average Bonchev–Trinajstić information content (AvgIpc) is 2.27. The first-order valence-corrected chi connectivity index (χ1v) is 6.58. The molecule has 5 nitrogen and oxygen atoms in total. The lowest BCUT2D eigenvalue weighted by Gasteiger charge is -2.48. The van der Waals surface area contributed by atoms with Gasteiger partial charge in [0.1, 0.15) is 11.8 Å². The summed E-state index contributed by atoms with van der Waals surface area (Å²) in [6.45, 7) is 4.11. The monoisotopic (exact) mass is 259 g/mol. The highest BCUT2D eigenvalue weighted by atomic mass is 16.2. The topological polar surface area (TPSA) is 93.8 Å². The maximum Gasteiger partial charge on any atom is 0.244 e. The first-order valence-electron chi connectivity index (χ1n) is 6.58. The Kier molecular flexibility index (Phi) is 3.32. The summed E-state index contributed by atoms with van der Waals surface area (Å²) in [5.74, 6) is -2.26. The predicted octanol–water partition coefficient (Wildman–Crippen LogP) is 1.36. The van der Waals surface area contributed by atoms with Crippen molar-refractivity contribution in [3.63, 3.8) is 0 Å². The Bertz CT molecular complexity index is 456. The highest BCUT2D eigenvalue weighted by Gasteiger charge is 2.58. The van der Waals surface area contributed by atoms with Gasteiger partial charge < -0.3 is 0 Å². The Labute approximate surface area is 112 Å². The summed E-state index contributed by atoms with van der Waals surface area (Å²) in [7, 11) is 0. The number of hydrogen-bond donors (Lipinski definition) is 1. The van der Waals surface area contributed by atoms with E-state index in [1.54, 1.807) is 0 Å². The zero-order chi connectivity index (χ0) is 14.2. The molecule has 0 radical (unpaired) electrons. The molecule has 0 aromatic rings. The van der Waals surface area contributed by atoms with Gasteiger partial charge in [-0.2, -0.15) is 10.5 Å². The van der Waals surface area contributed by atoms with Crippen LogP contribution >= 0.6 is 0 Å². The van der Waals surface area contributed by atoms with Gasteiger partial charge >= 0.3 is 0 Å². The third-order valence-electron chi connectivity index (χ3n) is 4.44. The lowest BCUT2D eigenvalue weighted by molar-refractivity contribution is -0.148. The Hall–Kier alpha value is -1.88. The quantitative estimate of drug-likeness (QED) is 0.665. The van der Waals surface area contributed by atoms with Gasteiger partial charge in [0.2, 0.25) is 11.8 Å². The molecular weight excluding hydrogens is 242 g/mol. The fraction of sp³-hybridized carbons (Fsp3) is 0.714. The van der Waals surface area contributed by atoms with E-state index in [2.05, 4.69) is 19.2 Å². The third kappa shape index (κ3) is 2.00. The van der Waals surface area contributed by atoms with E-state index >= 15 is 0 Å². The molecule has 1 aliphatic heterocycles. The molecule has 1 heterocycles. The summed E-state index contributed by atoms with van der Waals surface area (Å²) in [6, 6.07) is 4.05. The molecule has 2 rings (SSSR count). The van der Waals surface area contributed by atoms with Gasteiger partial charge in [-0.25, -0.2) is 0 Å². The molecule has 100 valence electrons. The van der Waals surface area contributed by atoms with Gasteiger partial charge in [0, 0.05) is 5.41 Å². The molecule has 1 N–H and O–H groups in total. The molecule has 1 spiro atoms. The first-order chi connectivity index (χ1) is 8.94. The summed E-state index contributed by atoms with van der Waals surface area (Å²) in [5.41, 5.74) is -0.806. The lowest BCUT2D eigenvalue weighted by Crippen LogP contribution is -2.59. The molecule has 1 saturated heterocycles. The molecule has 0 aromatic carbocycles. The summed E-state index contributed by atoms with van der Waals surface area (Å²) in [4.78, 5) is 23.8. The van der Waals surface area contributed by atoms with Crippen LogP contribution in [0.5, 0.6) is 0 Å². The third-order valence-corrected chi connectivity index (χ3v) is 4.44. The first kappa shape index (κ1) is 13.5. The van der Waals surface area contributed by atoms with E-state index in [0.29, 0.717) is 24.7 Å². The minimum Gasteiger partial charge on any atom is -0.294 e. The van der Waals surface area contributed by atoms with Gasteiger partial charge in [0.15, 0.2) is 0 Å². The van der Waals surface area contributed by atoms with Crippen molar-refractivity contribution in [1.29, 1.82) is 10.5 Å². The molecule has 0 bridgehead atoms. The number of piperidine rings is 1. The van der Waals surface area contributed by atoms with Gasteiger partial charge in [-0.3, -0.25) is 14.9 Å². The SMILES string of the molecule is C[C@@H]1C[C@H](C)CC2(C1)C(C#N)C(=O)NC(=O)C2C#N. The normalized spacial score (nSPS) is 42.3. The molecule has 2 fully saturated rings. The van der Waals surface area contributed by atoms with Crippen LogP contribution in [-0.4, -0.2) is 11.8 Å². The summed E-state index contributed by atoms with van der Waals surface area (Å²) >= 11 is 0. The summed E-state index contributed by atoms with van der Waals surface area (Å²) in [5, 5.41) is 20.8. The fourth-order valence-corrected chi connectivity index (χ4v) is 4.03. The van der Waals surface area contributed by atoms with Gasteiger partial charge in [0.05, 0.1) is 12.1 Å². The Balaban J connectivity index is 2.51. The van der Waals surface area contributed by atoms with Crippen LogP contribution in [0.25, 0.3) is 0 Å². The number of carbonyl (C=O) groups is 2. The van der Waals surface area contributed by atoms with Crippen LogP contribution < -0.4 is 5.32 Å². The van der Waals surface area contributed by atoms with Gasteiger partial charge in [0.25, 0.3) is 0 Å². The van der Waals surface area contributed by atoms with Gasteiger partial charge in [-0.05, 0) is 31.1 Å². The fourth-order valence-electron chi connectivity index (χ4n) is 4.03. The largest absolute Gasteiger partial charge is 0.294 e. The van der Waals surface area contributed by atoms with Crippen molar-refractivity contribution < 1.29 is 9.59 Å². The molecule has 5 heteroatoms. The van der Waals surface area contributed by atoms with Crippen LogP contribution in [0, 0.1) is 51.7 Å². The molecule has 4 atom stereocenters. The van der Waals surface area contributed by atoms with Crippen molar-refractivity contribution in [3.05, 3.63) is 0 Å². The summed E-state index contributed by atoms with van der Waals surface area (Å²) < 4.78 is 0. The van der Waals surface area contributed by atoms with Crippen LogP contribution in [0.2, 0.25) is 0 Å². The van der Waals surface area contributed by atoms with E-state index in [4.69, 9.17) is 0 Å².